The van der Waals surface area contributed by atoms with Gasteiger partial charge in [0, 0.05) is 5.54 Å². The van der Waals surface area contributed by atoms with Gasteiger partial charge >= 0.3 is 6.09 Å². The number of ether oxygens (including phenoxy) is 1. The summed E-state index contributed by atoms with van der Waals surface area (Å²) in [6, 6.07) is -0.337. The van der Waals surface area contributed by atoms with E-state index >= 15 is 0 Å². The van der Waals surface area contributed by atoms with Gasteiger partial charge in [-0.2, -0.15) is 0 Å². The first-order chi connectivity index (χ1) is 10.2. The van der Waals surface area contributed by atoms with Gasteiger partial charge in [0.05, 0.1) is 12.1 Å². The molecule has 0 spiro atoms. The number of piperidine rings is 1. The molecule has 0 aromatic rings. The van der Waals surface area contributed by atoms with Crippen LogP contribution in [0.15, 0.2) is 0 Å². The molecule has 2 atom stereocenters. The van der Waals surface area contributed by atoms with Crippen molar-refractivity contribution in [1.29, 1.82) is 0 Å². The maximum atomic E-state index is 11.9. The summed E-state index contributed by atoms with van der Waals surface area (Å²) >= 11 is 0. The molecule has 0 bridgehead atoms. The summed E-state index contributed by atoms with van der Waals surface area (Å²) in [5.74, 6) is 0. The summed E-state index contributed by atoms with van der Waals surface area (Å²) in [6.07, 6.45) is 0.786. The van der Waals surface area contributed by atoms with Gasteiger partial charge in [0.1, 0.15) is 5.60 Å². The molecule has 0 aromatic carbocycles. The van der Waals surface area contributed by atoms with Crippen molar-refractivity contribution in [2.75, 3.05) is 13.1 Å². The third-order valence-electron chi connectivity index (χ3n) is 4.79. The normalized spacial score (nSPS) is 22.3. The zero-order valence-corrected chi connectivity index (χ0v) is 16.2. The van der Waals surface area contributed by atoms with Gasteiger partial charge in [0.15, 0.2) is 0 Å². The highest BCUT2D eigenvalue weighted by Gasteiger charge is 2.41. The largest absolute Gasteiger partial charge is 0.444 e. The molecule has 136 valence electrons. The molecule has 5 nitrogen and oxygen atoms in total. The monoisotopic (exact) mass is 328 g/mol. The Hall–Kier alpha value is -0.810. The van der Waals surface area contributed by atoms with Gasteiger partial charge in [-0.25, -0.2) is 4.79 Å². The van der Waals surface area contributed by atoms with Gasteiger partial charge in [-0.05, 0) is 79.8 Å². The Morgan fingerprint density at radius 2 is 1.65 bits per heavy atom. The molecule has 1 aliphatic heterocycles. The van der Waals surface area contributed by atoms with Crippen LogP contribution in [-0.4, -0.2) is 52.5 Å². The topological polar surface area (TPSA) is 61.8 Å². The highest BCUT2D eigenvalue weighted by Crippen LogP contribution is 2.37. The Morgan fingerprint density at radius 1 is 1.17 bits per heavy atom. The summed E-state index contributed by atoms with van der Waals surface area (Å²) in [7, 11) is 0. The number of alkyl carbamates (subject to hydrolysis) is 1. The van der Waals surface area contributed by atoms with Gasteiger partial charge in [-0.15, -0.1) is 0 Å². The van der Waals surface area contributed by atoms with E-state index in [0.29, 0.717) is 0 Å². The van der Waals surface area contributed by atoms with Crippen LogP contribution in [0, 0.1) is 5.41 Å². The van der Waals surface area contributed by atoms with Crippen molar-refractivity contribution in [3.63, 3.8) is 0 Å². The van der Waals surface area contributed by atoms with Gasteiger partial charge < -0.3 is 15.2 Å². The molecule has 0 aromatic heterocycles. The lowest BCUT2D eigenvalue weighted by atomic mass is 9.72. The average Bonchev–Trinajstić information content (AvgIpc) is 2.34. The minimum atomic E-state index is -0.586. The van der Waals surface area contributed by atoms with Gasteiger partial charge in [-0.3, -0.25) is 4.90 Å². The second-order valence-electron chi connectivity index (χ2n) is 9.19. The van der Waals surface area contributed by atoms with E-state index in [4.69, 9.17) is 4.74 Å². The fraction of sp³-hybridized carbons (Fsp3) is 0.944. The molecule has 2 N–H and O–H groups in total. The Kier molecular flexibility index (Phi) is 6.14. The fourth-order valence-electron chi connectivity index (χ4n) is 3.16. The number of hydrogen-bond donors (Lipinski definition) is 2. The number of nitrogens with zero attached hydrogens (tertiary/aromatic N) is 1. The van der Waals surface area contributed by atoms with Crippen LogP contribution in [0.25, 0.3) is 0 Å². The SMILES string of the molecule is CC(NC(=O)OC(C)(C)C)C(O)C1(C)CCN(C(C)(C)C)CC1. The Morgan fingerprint density at radius 3 is 2.04 bits per heavy atom. The second-order valence-corrected chi connectivity index (χ2v) is 9.19. The van der Waals surface area contributed by atoms with Crippen LogP contribution in [0.1, 0.15) is 68.2 Å². The Balaban J connectivity index is 2.59. The highest BCUT2D eigenvalue weighted by atomic mass is 16.6. The van der Waals surface area contributed by atoms with Crippen molar-refractivity contribution >= 4 is 6.09 Å². The van der Waals surface area contributed by atoms with Crippen LogP contribution in [0.3, 0.4) is 0 Å². The van der Waals surface area contributed by atoms with E-state index in [2.05, 4.69) is 37.9 Å². The molecule has 1 aliphatic rings. The van der Waals surface area contributed by atoms with Crippen molar-refractivity contribution < 1.29 is 14.6 Å². The second kappa shape index (κ2) is 6.98. The number of aliphatic hydroxyl groups is 1. The van der Waals surface area contributed by atoms with Crippen LogP contribution in [0.5, 0.6) is 0 Å². The summed E-state index contributed by atoms with van der Waals surface area (Å²) in [5.41, 5.74) is -0.556. The van der Waals surface area contributed by atoms with E-state index in [1.165, 1.54) is 0 Å². The minimum absolute atomic E-state index is 0.159. The standard InChI is InChI=1S/C18H36N2O3/c1-13(19-15(22)23-17(5,6)7)14(21)18(8)9-11-20(12-10-18)16(2,3)4/h13-14,21H,9-12H2,1-8H3,(H,19,22). The number of rotatable bonds is 3. The number of nitrogens with one attached hydrogen (secondary N) is 1. The first kappa shape index (κ1) is 20.2. The first-order valence-electron chi connectivity index (χ1n) is 8.67. The molecular formula is C18H36N2O3. The molecule has 5 heteroatoms. The summed E-state index contributed by atoms with van der Waals surface area (Å²) in [4.78, 5) is 14.3. The Bertz CT molecular complexity index is 401. The van der Waals surface area contributed by atoms with Gasteiger partial charge in [-0.1, -0.05) is 6.92 Å². The average molecular weight is 328 g/mol. The van der Waals surface area contributed by atoms with Gasteiger partial charge in [0.25, 0.3) is 0 Å². The van der Waals surface area contributed by atoms with Crippen LogP contribution in [0.2, 0.25) is 0 Å². The summed E-state index contributed by atoms with van der Waals surface area (Å²) in [6.45, 7) is 18.1. The zero-order chi connectivity index (χ0) is 18.1. The zero-order valence-electron chi connectivity index (χ0n) is 16.2. The molecule has 23 heavy (non-hydrogen) atoms. The maximum Gasteiger partial charge on any atom is 0.407 e. The highest BCUT2D eigenvalue weighted by molar-refractivity contribution is 5.68. The van der Waals surface area contributed by atoms with Crippen molar-refractivity contribution in [2.45, 2.75) is 91.5 Å². The summed E-state index contributed by atoms with van der Waals surface area (Å²) < 4.78 is 5.27. The van der Waals surface area contributed by atoms with Crippen molar-refractivity contribution in [3.05, 3.63) is 0 Å². The molecule has 0 radical (unpaired) electrons. The van der Waals surface area contributed by atoms with Crippen molar-refractivity contribution in [1.82, 2.24) is 10.2 Å². The lowest BCUT2D eigenvalue weighted by molar-refractivity contribution is -0.0460. The molecular weight excluding hydrogens is 292 g/mol. The predicted octanol–water partition coefficient (Wildman–Crippen LogP) is 3.16. The predicted molar refractivity (Wildman–Crippen MR) is 93.5 cm³/mol. The van der Waals surface area contributed by atoms with Crippen molar-refractivity contribution in [2.24, 2.45) is 5.41 Å². The van der Waals surface area contributed by atoms with E-state index in [-0.39, 0.29) is 17.0 Å². The molecule has 1 heterocycles. The molecule has 1 fully saturated rings. The number of aliphatic hydroxyl groups excluding tert-OH is 1. The van der Waals surface area contributed by atoms with E-state index in [9.17, 15) is 9.90 Å². The summed E-state index contributed by atoms with van der Waals surface area (Å²) in [5, 5.41) is 13.5. The molecule has 0 saturated carbocycles. The van der Waals surface area contributed by atoms with E-state index in [1.807, 2.05) is 27.7 Å². The molecule has 1 amide bonds. The number of likely N-dealkylation sites (tertiary alicyclic amines) is 1. The van der Waals surface area contributed by atoms with Crippen LogP contribution in [-0.2, 0) is 4.74 Å². The Labute approximate surface area is 141 Å². The van der Waals surface area contributed by atoms with E-state index < -0.39 is 17.8 Å². The smallest absolute Gasteiger partial charge is 0.407 e. The molecule has 1 saturated heterocycles. The minimum Gasteiger partial charge on any atom is -0.444 e. The van der Waals surface area contributed by atoms with Crippen LogP contribution >= 0.6 is 0 Å². The number of amides is 1. The molecule has 0 aliphatic carbocycles. The van der Waals surface area contributed by atoms with Crippen molar-refractivity contribution in [3.8, 4) is 0 Å². The van der Waals surface area contributed by atoms with E-state index in [1.54, 1.807) is 0 Å². The molecule has 1 rings (SSSR count). The number of carbonyl (C=O) groups excluding carboxylic acids is 1. The fourth-order valence-corrected chi connectivity index (χ4v) is 3.16. The van der Waals surface area contributed by atoms with Crippen LogP contribution < -0.4 is 5.32 Å². The first-order valence-corrected chi connectivity index (χ1v) is 8.67. The van der Waals surface area contributed by atoms with E-state index in [0.717, 1.165) is 25.9 Å². The van der Waals surface area contributed by atoms with Crippen LogP contribution in [0.4, 0.5) is 4.79 Å². The number of carbonyl (C=O) groups is 1. The quantitative estimate of drug-likeness (QED) is 0.835. The number of hydrogen-bond acceptors (Lipinski definition) is 4. The maximum absolute atomic E-state index is 11.9. The lowest BCUT2D eigenvalue weighted by Crippen LogP contribution is -2.55. The third kappa shape index (κ3) is 5.96. The third-order valence-corrected chi connectivity index (χ3v) is 4.79. The van der Waals surface area contributed by atoms with Gasteiger partial charge in [0.2, 0.25) is 0 Å². The lowest BCUT2D eigenvalue weighted by Gasteiger charge is -2.48. The molecule has 2 unspecified atom stereocenters.